The van der Waals surface area contributed by atoms with Crippen LogP contribution in [0.4, 0.5) is 4.79 Å². The van der Waals surface area contributed by atoms with Gasteiger partial charge in [0.05, 0.1) is 106 Å². The fourth-order valence-electron chi connectivity index (χ4n) is 4.61. The Morgan fingerprint density at radius 3 is 1.31 bits per heavy atom. The van der Waals surface area contributed by atoms with Gasteiger partial charge in [0.25, 0.3) is 0 Å². The number of hydrogen-bond acceptors (Lipinski definition) is 12. The highest BCUT2D eigenvalue weighted by atomic mass is 16.6. The maximum absolute atomic E-state index is 12.0. The summed E-state index contributed by atoms with van der Waals surface area (Å²) in [5.74, 6) is 0.0722. The van der Waals surface area contributed by atoms with Crippen LogP contribution >= 0.6 is 0 Å². The highest BCUT2D eigenvalue weighted by molar-refractivity contribution is 5.76. The number of unbranched alkanes of at least 4 members (excludes halogenated alkanes) is 2. The molecule has 1 aromatic carbocycles. The Morgan fingerprint density at radius 2 is 0.873 bits per heavy atom. The lowest BCUT2D eigenvalue weighted by atomic mass is 10.1. The molecule has 3 N–H and O–H groups in total. The number of aryl methyl sites for hydroxylation is 2. The van der Waals surface area contributed by atoms with E-state index in [9.17, 15) is 14.4 Å². The standard InChI is InChI=1S/C40H71N3O12/c1-35-11-13-36(14-12-35)9-8-10-37(44)41-16-6-5-7-17-42-38(45)15-19-47-21-23-49-25-27-51-29-31-53-33-34-54-32-30-52-28-26-50-24-22-48-20-18-43-39(46)55-40(2,3)4/h11-14H,5-10,15-34H2,1-4H3,(H,41,44)(H,42,45)(H,43,46). The zero-order valence-corrected chi connectivity index (χ0v) is 34.1. The average molecular weight is 786 g/mol. The second-order valence-corrected chi connectivity index (χ2v) is 13.7. The van der Waals surface area contributed by atoms with Gasteiger partial charge in [0.2, 0.25) is 11.8 Å². The van der Waals surface area contributed by atoms with Gasteiger partial charge < -0.3 is 58.6 Å². The normalized spacial score (nSPS) is 11.4. The summed E-state index contributed by atoms with van der Waals surface area (Å²) >= 11 is 0. The quantitative estimate of drug-likeness (QED) is 0.0837. The van der Waals surface area contributed by atoms with Crippen LogP contribution in [0.1, 0.15) is 70.4 Å². The number of rotatable bonds is 37. The molecule has 0 aliphatic rings. The molecule has 15 heteroatoms. The maximum atomic E-state index is 12.0. The number of nitrogens with one attached hydrogen (secondary N) is 3. The molecule has 1 aromatic rings. The van der Waals surface area contributed by atoms with Crippen molar-refractivity contribution in [3.05, 3.63) is 35.4 Å². The molecule has 0 saturated heterocycles. The van der Waals surface area contributed by atoms with E-state index in [1.807, 2.05) is 20.8 Å². The topological polar surface area (TPSA) is 170 Å². The summed E-state index contributed by atoms with van der Waals surface area (Å²) in [6.45, 7) is 16.3. The summed E-state index contributed by atoms with van der Waals surface area (Å²) < 4.78 is 48.8. The Hall–Kier alpha value is -2.89. The van der Waals surface area contributed by atoms with Crippen molar-refractivity contribution in [3.8, 4) is 0 Å². The first kappa shape index (κ1) is 50.1. The lowest BCUT2D eigenvalue weighted by molar-refractivity contribution is -0.122. The fourth-order valence-corrected chi connectivity index (χ4v) is 4.61. The fraction of sp³-hybridized carbons (Fsp3) is 0.775. The first-order valence-corrected chi connectivity index (χ1v) is 19.8. The second kappa shape index (κ2) is 35.5. The van der Waals surface area contributed by atoms with Gasteiger partial charge in [0, 0.05) is 32.5 Å². The largest absolute Gasteiger partial charge is 0.444 e. The Bertz CT molecular complexity index is 1070. The van der Waals surface area contributed by atoms with Crippen LogP contribution in [-0.4, -0.2) is 149 Å². The summed E-state index contributed by atoms with van der Waals surface area (Å²) in [5, 5.41) is 8.52. The van der Waals surface area contributed by atoms with E-state index in [1.54, 1.807) is 0 Å². The van der Waals surface area contributed by atoms with E-state index in [0.29, 0.717) is 138 Å². The van der Waals surface area contributed by atoms with E-state index in [0.717, 1.165) is 32.1 Å². The van der Waals surface area contributed by atoms with Crippen molar-refractivity contribution in [2.45, 2.75) is 78.2 Å². The number of ether oxygens (including phenoxy) is 9. The number of carbonyl (C=O) groups excluding carboxylic acids is 3. The highest BCUT2D eigenvalue weighted by Crippen LogP contribution is 2.08. The summed E-state index contributed by atoms with van der Waals surface area (Å²) in [7, 11) is 0. The van der Waals surface area contributed by atoms with Crippen molar-refractivity contribution < 1.29 is 57.0 Å². The van der Waals surface area contributed by atoms with Gasteiger partial charge in [-0.05, 0) is 65.4 Å². The molecule has 0 radical (unpaired) electrons. The van der Waals surface area contributed by atoms with Crippen LogP contribution in [0.2, 0.25) is 0 Å². The Morgan fingerprint density at radius 1 is 0.473 bits per heavy atom. The number of benzene rings is 1. The third kappa shape index (κ3) is 36.5. The highest BCUT2D eigenvalue weighted by Gasteiger charge is 2.15. The van der Waals surface area contributed by atoms with E-state index in [-0.39, 0.29) is 11.8 Å². The van der Waals surface area contributed by atoms with Gasteiger partial charge in [-0.1, -0.05) is 29.8 Å². The molecule has 0 aromatic heterocycles. The molecular weight excluding hydrogens is 714 g/mol. The lowest BCUT2D eigenvalue weighted by Gasteiger charge is -2.19. The van der Waals surface area contributed by atoms with Crippen LogP contribution < -0.4 is 16.0 Å². The van der Waals surface area contributed by atoms with Crippen LogP contribution in [0.15, 0.2) is 24.3 Å². The van der Waals surface area contributed by atoms with Crippen molar-refractivity contribution in [1.29, 1.82) is 0 Å². The van der Waals surface area contributed by atoms with Gasteiger partial charge in [0.1, 0.15) is 5.60 Å². The van der Waals surface area contributed by atoms with Gasteiger partial charge >= 0.3 is 6.09 Å². The van der Waals surface area contributed by atoms with Crippen LogP contribution in [0.3, 0.4) is 0 Å². The average Bonchev–Trinajstić information content (AvgIpc) is 3.14. The number of amides is 3. The molecule has 0 fully saturated rings. The van der Waals surface area contributed by atoms with Gasteiger partial charge in [-0.25, -0.2) is 4.79 Å². The third-order valence-electron chi connectivity index (χ3n) is 7.48. The van der Waals surface area contributed by atoms with Crippen LogP contribution in [0.5, 0.6) is 0 Å². The zero-order chi connectivity index (χ0) is 40.1. The molecule has 0 atom stereocenters. The molecule has 1 rings (SSSR count). The summed E-state index contributed by atoms with van der Waals surface area (Å²) in [5.41, 5.74) is 1.99. The molecule has 15 nitrogen and oxygen atoms in total. The zero-order valence-electron chi connectivity index (χ0n) is 34.1. The summed E-state index contributed by atoms with van der Waals surface area (Å²) in [4.78, 5) is 35.5. The number of alkyl carbamates (subject to hydrolysis) is 1. The van der Waals surface area contributed by atoms with Crippen molar-refractivity contribution in [2.24, 2.45) is 0 Å². The molecular formula is C40H71N3O12. The third-order valence-corrected chi connectivity index (χ3v) is 7.48. The second-order valence-electron chi connectivity index (χ2n) is 13.7. The van der Waals surface area contributed by atoms with Gasteiger partial charge in [-0.3, -0.25) is 9.59 Å². The van der Waals surface area contributed by atoms with E-state index in [4.69, 9.17) is 42.6 Å². The Kier molecular flexibility index (Phi) is 32.4. The first-order chi connectivity index (χ1) is 26.7. The maximum Gasteiger partial charge on any atom is 0.407 e. The minimum atomic E-state index is -0.518. The van der Waals surface area contributed by atoms with Crippen molar-refractivity contribution in [2.75, 3.05) is 125 Å². The van der Waals surface area contributed by atoms with Crippen LogP contribution in [0.25, 0.3) is 0 Å². The summed E-state index contributed by atoms with van der Waals surface area (Å²) in [6, 6.07) is 8.44. The van der Waals surface area contributed by atoms with Gasteiger partial charge in [0.15, 0.2) is 0 Å². The Balaban J connectivity index is 1.70. The van der Waals surface area contributed by atoms with Crippen molar-refractivity contribution in [3.63, 3.8) is 0 Å². The van der Waals surface area contributed by atoms with Crippen molar-refractivity contribution in [1.82, 2.24) is 16.0 Å². The van der Waals surface area contributed by atoms with E-state index in [1.165, 1.54) is 11.1 Å². The molecule has 0 unspecified atom stereocenters. The van der Waals surface area contributed by atoms with E-state index in [2.05, 4.69) is 47.1 Å². The van der Waals surface area contributed by atoms with Crippen LogP contribution in [-0.2, 0) is 58.6 Å². The molecule has 0 spiro atoms. The van der Waals surface area contributed by atoms with E-state index >= 15 is 0 Å². The summed E-state index contributed by atoms with van der Waals surface area (Å²) in [6.07, 6.45) is 4.88. The molecule has 318 valence electrons. The monoisotopic (exact) mass is 786 g/mol. The molecule has 0 aliphatic carbocycles. The molecule has 0 aliphatic heterocycles. The van der Waals surface area contributed by atoms with Crippen LogP contribution in [0, 0.1) is 6.92 Å². The molecule has 3 amide bonds. The van der Waals surface area contributed by atoms with Crippen molar-refractivity contribution >= 4 is 17.9 Å². The lowest BCUT2D eigenvalue weighted by Crippen LogP contribution is -2.34. The van der Waals surface area contributed by atoms with Gasteiger partial charge in [-0.15, -0.1) is 0 Å². The predicted molar refractivity (Wildman–Crippen MR) is 209 cm³/mol. The van der Waals surface area contributed by atoms with E-state index < -0.39 is 11.7 Å². The first-order valence-electron chi connectivity index (χ1n) is 19.8. The van der Waals surface area contributed by atoms with Gasteiger partial charge in [-0.2, -0.15) is 0 Å². The molecule has 0 bridgehead atoms. The predicted octanol–water partition coefficient (Wildman–Crippen LogP) is 3.77. The molecule has 0 saturated carbocycles. The number of carbonyl (C=O) groups is 3. The smallest absolute Gasteiger partial charge is 0.407 e. The minimum Gasteiger partial charge on any atom is -0.444 e. The Labute approximate surface area is 329 Å². The molecule has 55 heavy (non-hydrogen) atoms. The minimum absolute atomic E-state index is 0.0275. The number of hydrogen-bond donors (Lipinski definition) is 3. The molecule has 0 heterocycles. The SMILES string of the molecule is Cc1ccc(CCCC(=O)NCCCCCNC(=O)CCOCCOCCOCCOCCOCCOCCOCCOCCNC(=O)OC(C)(C)C)cc1.